The highest BCUT2D eigenvalue weighted by molar-refractivity contribution is 5.88. The van der Waals surface area contributed by atoms with Crippen molar-refractivity contribution in [3.8, 4) is 0 Å². The molecule has 1 aliphatic rings. The second kappa shape index (κ2) is 6.16. The van der Waals surface area contributed by atoms with E-state index in [0.29, 0.717) is 6.61 Å². The van der Waals surface area contributed by atoms with E-state index in [1.807, 2.05) is 31.7 Å². The van der Waals surface area contributed by atoms with Crippen LogP contribution in [0.4, 0.5) is 0 Å². The minimum atomic E-state index is -0.504. The Morgan fingerprint density at radius 2 is 2.19 bits per heavy atom. The maximum Gasteiger partial charge on any atom is 0.244 e. The van der Waals surface area contributed by atoms with Crippen LogP contribution in [0.2, 0.25) is 0 Å². The molecule has 1 aromatic carbocycles. The lowest BCUT2D eigenvalue weighted by Crippen LogP contribution is -2.45. The van der Waals surface area contributed by atoms with E-state index in [2.05, 4.69) is 30.4 Å². The van der Waals surface area contributed by atoms with Crippen LogP contribution in [0.25, 0.3) is 0 Å². The summed E-state index contributed by atoms with van der Waals surface area (Å²) >= 11 is 0. The Morgan fingerprint density at radius 3 is 2.76 bits per heavy atom. The molecule has 1 aromatic rings. The number of amides is 1. The predicted octanol–water partition coefficient (Wildman–Crippen LogP) is 2.63. The van der Waals surface area contributed by atoms with E-state index in [9.17, 15) is 4.79 Å². The zero-order valence-corrected chi connectivity index (χ0v) is 13.6. The Balaban J connectivity index is 2.39. The van der Waals surface area contributed by atoms with Crippen molar-refractivity contribution in [2.75, 3.05) is 13.7 Å². The molecule has 1 amide bonds. The molecule has 1 saturated heterocycles. The first kappa shape index (κ1) is 16.0. The SMILES string of the molecule is CCC1(C)NC(c2cccc(C)c2)N(C(C)COC)C1=O. The molecule has 1 heterocycles. The fraction of sp³-hybridized carbons (Fsp3) is 0.588. The van der Waals surface area contributed by atoms with Crippen molar-refractivity contribution >= 4 is 5.91 Å². The third kappa shape index (κ3) is 2.97. The molecule has 1 fully saturated rings. The third-order valence-electron chi connectivity index (χ3n) is 4.39. The fourth-order valence-electron chi connectivity index (χ4n) is 2.95. The van der Waals surface area contributed by atoms with Crippen molar-refractivity contribution < 1.29 is 9.53 Å². The van der Waals surface area contributed by atoms with Crippen molar-refractivity contribution in [1.29, 1.82) is 0 Å². The number of hydrogen-bond acceptors (Lipinski definition) is 3. The van der Waals surface area contributed by atoms with Gasteiger partial charge in [-0.15, -0.1) is 0 Å². The summed E-state index contributed by atoms with van der Waals surface area (Å²) in [4.78, 5) is 14.8. The number of ether oxygens (including phenoxy) is 1. The number of benzene rings is 1. The quantitative estimate of drug-likeness (QED) is 0.906. The standard InChI is InChI=1S/C17H26N2O2/c1-6-17(4)16(20)19(13(3)11-21-5)15(18-17)14-9-7-8-12(2)10-14/h7-10,13,15,18H,6,11H2,1-5H3. The Labute approximate surface area is 127 Å². The van der Waals surface area contributed by atoms with Crippen molar-refractivity contribution in [3.63, 3.8) is 0 Å². The lowest BCUT2D eigenvalue weighted by atomic mass is 9.99. The van der Waals surface area contributed by atoms with Crippen LogP contribution >= 0.6 is 0 Å². The molecule has 0 bridgehead atoms. The van der Waals surface area contributed by atoms with Gasteiger partial charge in [-0.25, -0.2) is 0 Å². The van der Waals surface area contributed by atoms with Crippen LogP contribution in [0.15, 0.2) is 24.3 Å². The van der Waals surface area contributed by atoms with Crippen LogP contribution in [0.5, 0.6) is 0 Å². The van der Waals surface area contributed by atoms with Gasteiger partial charge in [0.25, 0.3) is 0 Å². The van der Waals surface area contributed by atoms with Gasteiger partial charge in [-0.1, -0.05) is 36.8 Å². The Bertz CT molecular complexity index is 517. The molecular weight excluding hydrogens is 264 g/mol. The van der Waals surface area contributed by atoms with Gasteiger partial charge in [0, 0.05) is 7.11 Å². The van der Waals surface area contributed by atoms with Crippen LogP contribution in [-0.4, -0.2) is 36.1 Å². The average molecular weight is 290 g/mol. The monoisotopic (exact) mass is 290 g/mol. The number of rotatable bonds is 5. The second-order valence-electron chi connectivity index (χ2n) is 6.16. The van der Waals surface area contributed by atoms with Crippen LogP contribution in [0, 0.1) is 6.92 Å². The summed E-state index contributed by atoms with van der Waals surface area (Å²) in [6.07, 6.45) is 0.678. The average Bonchev–Trinajstić information content (AvgIpc) is 2.72. The summed E-state index contributed by atoms with van der Waals surface area (Å²) in [6, 6.07) is 8.36. The normalized spacial score (nSPS) is 27.2. The van der Waals surface area contributed by atoms with Gasteiger partial charge in [0.1, 0.15) is 6.17 Å². The first-order chi connectivity index (χ1) is 9.92. The van der Waals surface area contributed by atoms with Crippen LogP contribution in [-0.2, 0) is 9.53 Å². The van der Waals surface area contributed by atoms with Crippen molar-refractivity contribution in [1.82, 2.24) is 10.2 Å². The highest BCUT2D eigenvalue weighted by Gasteiger charge is 2.48. The lowest BCUT2D eigenvalue weighted by Gasteiger charge is -2.30. The topological polar surface area (TPSA) is 41.6 Å². The fourth-order valence-corrected chi connectivity index (χ4v) is 2.95. The number of carbonyl (C=O) groups is 1. The summed E-state index contributed by atoms with van der Waals surface area (Å²) in [5, 5.41) is 3.52. The molecule has 4 nitrogen and oxygen atoms in total. The Hall–Kier alpha value is -1.39. The van der Waals surface area contributed by atoms with Gasteiger partial charge in [-0.05, 0) is 32.8 Å². The van der Waals surface area contributed by atoms with E-state index >= 15 is 0 Å². The van der Waals surface area contributed by atoms with Gasteiger partial charge < -0.3 is 9.64 Å². The van der Waals surface area contributed by atoms with Crippen LogP contribution < -0.4 is 5.32 Å². The molecule has 3 unspecified atom stereocenters. The van der Waals surface area contributed by atoms with Gasteiger partial charge in [0.05, 0.1) is 18.2 Å². The first-order valence-corrected chi connectivity index (χ1v) is 7.59. The van der Waals surface area contributed by atoms with Gasteiger partial charge in [-0.3, -0.25) is 10.1 Å². The molecule has 21 heavy (non-hydrogen) atoms. The Morgan fingerprint density at radius 1 is 1.48 bits per heavy atom. The maximum absolute atomic E-state index is 12.9. The highest BCUT2D eigenvalue weighted by Crippen LogP contribution is 2.34. The van der Waals surface area contributed by atoms with Gasteiger partial charge in [0.2, 0.25) is 5.91 Å². The molecule has 0 spiro atoms. The summed E-state index contributed by atoms with van der Waals surface area (Å²) < 4.78 is 5.25. The summed E-state index contributed by atoms with van der Waals surface area (Å²) in [6.45, 7) is 8.67. The largest absolute Gasteiger partial charge is 0.383 e. The zero-order chi connectivity index (χ0) is 15.6. The molecule has 2 rings (SSSR count). The van der Waals surface area contributed by atoms with E-state index in [0.717, 1.165) is 12.0 Å². The second-order valence-corrected chi connectivity index (χ2v) is 6.16. The molecule has 0 aromatic heterocycles. The molecule has 0 aliphatic carbocycles. The zero-order valence-electron chi connectivity index (χ0n) is 13.6. The van der Waals surface area contributed by atoms with Crippen molar-refractivity contribution in [2.24, 2.45) is 0 Å². The van der Waals surface area contributed by atoms with Crippen molar-refractivity contribution in [3.05, 3.63) is 35.4 Å². The number of nitrogens with zero attached hydrogens (tertiary/aromatic N) is 1. The van der Waals surface area contributed by atoms with Gasteiger partial charge in [0.15, 0.2) is 0 Å². The first-order valence-electron chi connectivity index (χ1n) is 7.59. The van der Waals surface area contributed by atoms with Gasteiger partial charge >= 0.3 is 0 Å². The van der Waals surface area contributed by atoms with E-state index in [1.54, 1.807) is 7.11 Å². The minimum Gasteiger partial charge on any atom is -0.383 e. The molecule has 116 valence electrons. The predicted molar refractivity (Wildman–Crippen MR) is 83.9 cm³/mol. The molecule has 0 saturated carbocycles. The Kier molecular flexibility index (Phi) is 4.69. The smallest absolute Gasteiger partial charge is 0.244 e. The van der Waals surface area contributed by atoms with E-state index in [4.69, 9.17) is 4.74 Å². The van der Waals surface area contributed by atoms with Crippen LogP contribution in [0.3, 0.4) is 0 Å². The van der Waals surface area contributed by atoms with Crippen molar-refractivity contribution in [2.45, 2.75) is 51.9 Å². The molecule has 1 aliphatic heterocycles. The number of hydrogen-bond donors (Lipinski definition) is 1. The van der Waals surface area contributed by atoms with E-state index < -0.39 is 5.54 Å². The summed E-state index contributed by atoms with van der Waals surface area (Å²) in [5.74, 6) is 0.154. The van der Waals surface area contributed by atoms with Crippen LogP contribution in [0.1, 0.15) is 44.5 Å². The molecule has 4 heteroatoms. The lowest BCUT2D eigenvalue weighted by molar-refractivity contribution is -0.135. The number of nitrogens with one attached hydrogen (secondary N) is 1. The molecule has 3 atom stereocenters. The van der Waals surface area contributed by atoms with Gasteiger partial charge in [-0.2, -0.15) is 0 Å². The molecular formula is C17H26N2O2. The summed E-state index contributed by atoms with van der Waals surface area (Å²) in [5.41, 5.74) is 1.82. The number of carbonyl (C=O) groups excluding carboxylic acids is 1. The van der Waals surface area contributed by atoms with E-state index in [-0.39, 0.29) is 18.1 Å². The minimum absolute atomic E-state index is 0.0360. The summed E-state index contributed by atoms with van der Waals surface area (Å²) in [7, 11) is 1.67. The number of methoxy groups -OCH3 is 1. The third-order valence-corrected chi connectivity index (χ3v) is 4.39. The maximum atomic E-state index is 12.9. The van der Waals surface area contributed by atoms with E-state index in [1.165, 1.54) is 5.56 Å². The molecule has 1 N–H and O–H groups in total. The number of aryl methyl sites for hydroxylation is 1. The highest BCUT2D eigenvalue weighted by atomic mass is 16.5. The molecule has 0 radical (unpaired) electrons.